The van der Waals surface area contributed by atoms with Gasteiger partial charge in [-0.25, -0.2) is 9.78 Å². The molecule has 1 unspecified atom stereocenters. The van der Waals surface area contributed by atoms with Crippen molar-refractivity contribution in [2.24, 2.45) is 5.92 Å². The summed E-state index contributed by atoms with van der Waals surface area (Å²) in [5.41, 5.74) is 6.66. The molecule has 1 fully saturated rings. The Morgan fingerprint density at radius 1 is 1.55 bits per heavy atom. The number of carbonyl (C=O) groups excluding carboxylic acids is 1. The average molecular weight is 279 g/mol. The minimum Gasteiger partial charge on any atom is -0.465 e. The van der Waals surface area contributed by atoms with Crippen LogP contribution in [0.1, 0.15) is 30.1 Å². The molecule has 110 valence electrons. The summed E-state index contributed by atoms with van der Waals surface area (Å²) in [5, 5.41) is 3.30. The Balaban J connectivity index is 2.10. The van der Waals surface area contributed by atoms with Crippen LogP contribution in [-0.4, -0.2) is 37.3 Å². The Hall–Kier alpha value is -1.82. The molecule has 1 aromatic rings. The summed E-state index contributed by atoms with van der Waals surface area (Å²) in [6, 6.07) is 1.78. The van der Waals surface area contributed by atoms with Crippen molar-refractivity contribution in [1.82, 2.24) is 4.98 Å². The van der Waals surface area contributed by atoms with Crippen molar-refractivity contribution in [1.29, 1.82) is 0 Å². The summed E-state index contributed by atoms with van der Waals surface area (Å²) >= 11 is 0. The van der Waals surface area contributed by atoms with Crippen molar-refractivity contribution in [3.8, 4) is 0 Å². The number of nitrogens with two attached hydrogens (primary N) is 1. The van der Waals surface area contributed by atoms with E-state index < -0.39 is 5.97 Å². The Morgan fingerprint density at radius 3 is 2.90 bits per heavy atom. The van der Waals surface area contributed by atoms with Crippen LogP contribution in [0.4, 0.5) is 11.5 Å². The van der Waals surface area contributed by atoms with Crippen LogP contribution in [0.25, 0.3) is 0 Å². The molecular formula is C14H21N3O3. The number of nitrogens with one attached hydrogen (secondary N) is 1. The van der Waals surface area contributed by atoms with Crippen LogP contribution in [0.2, 0.25) is 0 Å². The summed E-state index contributed by atoms with van der Waals surface area (Å²) in [6.45, 7) is 3.69. The van der Waals surface area contributed by atoms with E-state index in [-0.39, 0.29) is 6.04 Å². The number of rotatable bonds is 4. The van der Waals surface area contributed by atoms with Gasteiger partial charge in [0.2, 0.25) is 0 Å². The number of nitrogens with zero attached hydrogens (tertiary/aromatic N) is 1. The number of ether oxygens (including phenoxy) is 2. The molecule has 1 saturated heterocycles. The lowest BCUT2D eigenvalue weighted by Gasteiger charge is -2.29. The fraction of sp³-hybridized carbons (Fsp3) is 0.571. The topological polar surface area (TPSA) is 86.5 Å². The molecule has 0 saturated carbocycles. The molecule has 0 aliphatic carbocycles. The number of anilines is 2. The lowest BCUT2D eigenvalue weighted by Crippen LogP contribution is -2.31. The monoisotopic (exact) mass is 279 g/mol. The maximum atomic E-state index is 11.6. The summed E-state index contributed by atoms with van der Waals surface area (Å²) in [6.07, 6.45) is 3.59. The summed E-state index contributed by atoms with van der Waals surface area (Å²) in [5.74, 6) is 0.602. The molecule has 2 heterocycles. The first-order chi connectivity index (χ1) is 9.63. The lowest BCUT2D eigenvalue weighted by atomic mass is 9.93. The third kappa shape index (κ3) is 3.19. The minimum atomic E-state index is -0.452. The maximum Gasteiger partial charge on any atom is 0.340 e. The van der Waals surface area contributed by atoms with E-state index in [2.05, 4.69) is 17.2 Å². The molecule has 1 aliphatic heterocycles. The second-order valence-corrected chi connectivity index (χ2v) is 5.00. The molecule has 1 aliphatic rings. The molecule has 1 aromatic heterocycles. The number of carbonyl (C=O) groups is 1. The SMILES string of the molecule is COC(=O)c1ccnc(NC(C)C2CCOCC2)c1N. The second kappa shape index (κ2) is 6.56. The Kier molecular flexibility index (Phi) is 4.79. The zero-order valence-corrected chi connectivity index (χ0v) is 11.9. The van der Waals surface area contributed by atoms with Gasteiger partial charge in [-0.1, -0.05) is 0 Å². The van der Waals surface area contributed by atoms with Gasteiger partial charge in [0.25, 0.3) is 0 Å². The standard InChI is InChI=1S/C14H21N3O3/c1-9(10-4-7-20-8-5-10)17-13-12(15)11(3-6-16-13)14(18)19-2/h3,6,9-10H,4-5,7-8,15H2,1-2H3,(H,16,17). The molecule has 0 aromatic carbocycles. The van der Waals surface area contributed by atoms with Crippen molar-refractivity contribution in [3.05, 3.63) is 17.8 Å². The molecule has 0 bridgehead atoms. The van der Waals surface area contributed by atoms with Crippen LogP contribution in [0.3, 0.4) is 0 Å². The number of methoxy groups -OCH3 is 1. The van der Waals surface area contributed by atoms with Gasteiger partial charge in [-0.2, -0.15) is 0 Å². The highest BCUT2D eigenvalue weighted by molar-refractivity contribution is 5.97. The van der Waals surface area contributed by atoms with E-state index in [1.807, 2.05) is 0 Å². The summed E-state index contributed by atoms with van der Waals surface area (Å²) in [7, 11) is 1.33. The molecule has 0 radical (unpaired) electrons. The first kappa shape index (κ1) is 14.6. The fourth-order valence-electron chi connectivity index (χ4n) is 2.43. The predicted molar refractivity (Wildman–Crippen MR) is 76.6 cm³/mol. The summed E-state index contributed by atoms with van der Waals surface area (Å²) in [4.78, 5) is 15.8. The molecule has 1 atom stereocenters. The van der Waals surface area contributed by atoms with Crippen molar-refractivity contribution in [2.75, 3.05) is 31.4 Å². The van der Waals surface area contributed by atoms with Gasteiger partial charge in [0, 0.05) is 25.5 Å². The van der Waals surface area contributed by atoms with E-state index in [1.54, 1.807) is 12.3 Å². The highest BCUT2D eigenvalue weighted by atomic mass is 16.5. The smallest absolute Gasteiger partial charge is 0.340 e. The quantitative estimate of drug-likeness (QED) is 0.815. The van der Waals surface area contributed by atoms with Gasteiger partial charge in [0.05, 0.1) is 18.4 Å². The van der Waals surface area contributed by atoms with Crippen molar-refractivity contribution < 1.29 is 14.3 Å². The molecule has 6 heteroatoms. The highest BCUT2D eigenvalue weighted by Gasteiger charge is 2.22. The number of nitrogen functional groups attached to an aromatic ring is 1. The van der Waals surface area contributed by atoms with E-state index in [0.29, 0.717) is 23.0 Å². The van der Waals surface area contributed by atoms with Crippen LogP contribution >= 0.6 is 0 Å². The van der Waals surface area contributed by atoms with E-state index in [1.165, 1.54) is 7.11 Å². The van der Waals surface area contributed by atoms with E-state index in [9.17, 15) is 4.79 Å². The number of esters is 1. The van der Waals surface area contributed by atoms with Crippen molar-refractivity contribution in [3.63, 3.8) is 0 Å². The zero-order valence-electron chi connectivity index (χ0n) is 11.9. The number of hydrogen-bond donors (Lipinski definition) is 2. The van der Waals surface area contributed by atoms with Crippen molar-refractivity contribution >= 4 is 17.5 Å². The Bertz CT molecular complexity index is 473. The van der Waals surface area contributed by atoms with Gasteiger partial charge in [-0.05, 0) is 31.7 Å². The molecule has 6 nitrogen and oxygen atoms in total. The van der Waals surface area contributed by atoms with Crippen LogP contribution < -0.4 is 11.1 Å². The van der Waals surface area contributed by atoms with Crippen LogP contribution in [-0.2, 0) is 9.47 Å². The van der Waals surface area contributed by atoms with E-state index in [4.69, 9.17) is 15.2 Å². The summed E-state index contributed by atoms with van der Waals surface area (Å²) < 4.78 is 10.1. The largest absolute Gasteiger partial charge is 0.465 e. The van der Waals surface area contributed by atoms with Gasteiger partial charge in [-0.15, -0.1) is 0 Å². The van der Waals surface area contributed by atoms with Gasteiger partial charge >= 0.3 is 5.97 Å². The number of hydrogen-bond acceptors (Lipinski definition) is 6. The molecule has 2 rings (SSSR count). The first-order valence-corrected chi connectivity index (χ1v) is 6.80. The van der Waals surface area contributed by atoms with Crippen LogP contribution in [0.5, 0.6) is 0 Å². The molecular weight excluding hydrogens is 258 g/mol. The van der Waals surface area contributed by atoms with Gasteiger partial charge < -0.3 is 20.5 Å². The van der Waals surface area contributed by atoms with Gasteiger partial charge in [-0.3, -0.25) is 0 Å². The fourth-order valence-corrected chi connectivity index (χ4v) is 2.43. The second-order valence-electron chi connectivity index (χ2n) is 5.00. The third-order valence-electron chi connectivity index (χ3n) is 3.73. The van der Waals surface area contributed by atoms with Crippen molar-refractivity contribution in [2.45, 2.75) is 25.8 Å². The van der Waals surface area contributed by atoms with E-state index >= 15 is 0 Å². The van der Waals surface area contributed by atoms with Crippen LogP contribution in [0.15, 0.2) is 12.3 Å². The first-order valence-electron chi connectivity index (χ1n) is 6.80. The highest BCUT2D eigenvalue weighted by Crippen LogP contribution is 2.25. The van der Waals surface area contributed by atoms with E-state index in [0.717, 1.165) is 26.1 Å². The van der Waals surface area contributed by atoms with Gasteiger partial charge in [0.15, 0.2) is 0 Å². The number of aromatic nitrogens is 1. The zero-order chi connectivity index (χ0) is 14.5. The third-order valence-corrected chi connectivity index (χ3v) is 3.73. The Labute approximate surface area is 118 Å². The van der Waals surface area contributed by atoms with Crippen LogP contribution in [0, 0.1) is 5.92 Å². The maximum absolute atomic E-state index is 11.6. The average Bonchev–Trinajstić information content (AvgIpc) is 2.49. The minimum absolute atomic E-state index is 0.224. The molecule has 0 amide bonds. The molecule has 0 spiro atoms. The Morgan fingerprint density at radius 2 is 2.25 bits per heavy atom. The van der Waals surface area contributed by atoms with Gasteiger partial charge in [0.1, 0.15) is 5.82 Å². The predicted octanol–water partition coefficient (Wildman–Crippen LogP) is 1.68. The molecule has 20 heavy (non-hydrogen) atoms. The normalized spacial score (nSPS) is 17.5. The molecule has 3 N–H and O–H groups in total. The lowest BCUT2D eigenvalue weighted by molar-refractivity contribution is 0.0602. The number of pyridine rings is 1.